The predicted molar refractivity (Wildman–Crippen MR) is 511 cm³/mol. The smallest absolute Gasteiger partial charge is 0.343 e. The first-order valence-electron chi connectivity index (χ1n) is 48.2. The molecule has 4 fully saturated rings. The minimum absolute atomic E-state index is 0.0607. The fourth-order valence-corrected chi connectivity index (χ4v) is 15.2. The zero-order valence-electron chi connectivity index (χ0n) is 79.3. The van der Waals surface area contributed by atoms with Crippen LogP contribution in [0.25, 0.3) is 0 Å². The van der Waals surface area contributed by atoms with Gasteiger partial charge in [-0.1, -0.05) is 53.4 Å². The Morgan fingerprint density at radius 3 is 0.507 bits per heavy atom. The van der Waals surface area contributed by atoms with Gasteiger partial charge in [0.2, 0.25) is 0 Å². The molecule has 0 amide bonds. The summed E-state index contributed by atoms with van der Waals surface area (Å²) < 4.78 is 116. The Morgan fingerprint density at radius 1 is 0.203 bits per heavy atom. The van der Waals surface area contributed by atoms with Crippen LogP contribution >= 0.6 is 0 Å². The third-order valence-corrected chi connectivity index (χ3v) is 25.1. The normalized spacial score (nSPS) is 14.5. The van der Waals surface area contributed by atoms with E-state index in [1.807, 2.05) is 0 Å². The van der Waals surface area contributed by atoms with E-state index in [1.54, 1.807) is 97.1 Å². The molecule has 13 rings (SSSR count). The molecule has 0 atom stereocenters. The highest BCUT2D eigenvalue weighted by atomic mass is 16.6. The second kappa shape index (κ2) is 53.0. The summed E-state index contributed by atoms with van der Waals surface area (Å²) in [4.78, 5) is 112. The Bertz CT molecular complexity index is 4670. The molecule has 0 aromatic heterocycles. The van der Waals surface area contributed by atoms with Gasteiger partial charge in [-0.05, 0) is 297 Å². The molecule has 0 saturated carbocycles. The van der Waals surface area contributed by atoms with Crippen molar-refractivity contribution >= 4 is 47.8 Å². The van der Waals surface area contributed by atoms with E-state index in [0.29, 0.717) is 75.9 Å². The molecule has 9 aromatic rings. The third-order valence-electron chi connectivity index (χ3n) is 25.1. The van der Waals surface area contributed by atoms with Gasteiger partial charge < -0.3 is 94.7 Å². The van der Waals surface area contributed by atoms with E-state index < -0.39 is 70.8 Å². The number of ether oxygens (including phenoxy) is 20. The summed E-state index contributed by atoms with van der Waals surface area (Å²) in [5.41, 5.74) is 1.12. The van der Waals surface area contributed by atoms with Gasteiger partial charge in [0, 0.05) is 60.2 Å². The Kier molecular flexibility index (Phi) is 39.5. The Labute approximate surface area is 806 Å². The van der Waals surface area contributed by atoms with Crippen molar-refractivity contribution in [3.05, 3.63) is 251 Å². The van der Waals surface area contributed by atoms with Crippen LogP contribution in [0, 0.1) is 21.7 Å². The largest absolute Gasteiger partial charge is 0.494 e. The van der Waals surface area contributed by atoms with Gasteiger partial charge in [-0.25, -0.2) is 38.4 Å². The van der Waals surface area contributed by atoms with Gasteiger partial charge in [-0.2, -0.15) is 0 Å². The molecule has 0 spiro atoms. The van der Waals surface area contributed by atoms with E-state index in [9.17, 15) is 38.4 Å². The fourth-order valence-electron chi connectivity index (χ4n) is 15.2. The number of carbonyl (C=O) groups excluding carboxylic acids is 8. The predicted octanol–water partition coefficient (Wildman–Crippen LogP) is 21.0. The van der Waals surface area contributed by atoms with Crippen LogP contribution in [0.15, 0.2) is 206 Å². The first kappa shape index (κ1) is 103. The lowest BCUT2D eigenvalue weighted by atomic mass is 9.84. The molecule has 4 saturated heterocycles. The number of benzene rings is 9. The second-order valence-electron chi connectivity index (χ2n) is 35.7. The van der Waals surface area contributed by atoms with Crippen LogP contribution in [-0.2, 0) is 37.9 Å². The second-order valence-corrected chi connectivity index (χ2v) is 35.7. The van der Waals surface area contributed by atoms with Gasteiger partial charge in [-0.15, -0.1) is 0 Å². The molecule has 0 radical (unpaired) electrons. The highest BCUT2D eigenvalue weighted by Gasteiger charge is 2.40. The number of carbonyl (C=O) groups is 8. The summed E-state index contributed by atoms with van der Waals surface area (Å²) in [5, 5.41) is 0. The molecular weight excluding hydrogens is 1770 g/mol. The molecule has 9 aromatic carbocycles. The summed E-state index contributed by atoms with van der Waals surface area (Å²) in [6.45, 7) is 22.4. The number of hydrogen-bond acceptors (Lipinski definition) is 28. The zero-order valence-corrected chi connectivity index (χ0v) is 79.3. The number of hydrogen-bond donors (Lipinski definition) is 0. The lowest BCUT2D eigenvalue weighted by molar-refractivity contribution is -0.150. The summed E-state index contributed by atoms with van der Waals surface area (Å²) in [6.07, 6.45) is 19.2. The molecule has 0 unspecified atom stereocenters. The van der Waals surface area contributed by atoms with Crippen LogP contribution in [0.3, 0.4) is 0 Å². The maximum absolute atomic E-state index is 14.5. The minimum atomic E-state index is -1.07. The van der Waals surface area contributed by atoms with Gasteiger partial charge in [0.25, 0.3) is 0 Å². The Hall–Kier alpha value is -12.4. The molecule has 28 heteroatoms. The molecule has 734 valence electrons. The molecule has 0 N–H and O–H groups in total. The van der Waals surface area contributed by atoms with Crippen molar-refractivity contribution in [1.82, 2.24) is 0 Å². The van der Waals surface area contributed by atoms with Crippen LogP contribution in [0.5, 0.6) is 69.0 Å². The molecule has 4 aliphatic rings. The van der Waals surface area contributed by atoms with Crippen molar-refractivity contribution in [3.63, 3.8) is 0 Å². The van der Waals surface area contributed by atoms with Crippen molar-refractivity contribution in [1.29, 1.82) is 0 Å². The maximum atomic E-state index is 14.5. The SMILES string of the molecule is CCC1(COCCCCCCOc2ccc(C(=O)Oc3ccc(C(=O)Oc4cc(OC(=O)c5ccc(OC(=O)c6ccc(OCCCCCCOCC7(CC)COC7)cc6)cc5)c(OC(=O)c5ccc(OC(=O)c6ccc(OCCCCCCOCC7(CC)COC7)cc6)cc5)cc4OC(=O)c4ccc(OC(=O)c5ccc(OCCCCCCOCC6(CC)COC6)cc5)cc4)cc3)cc2)COC1. The van der Waals surface area contributed by atoms with Crippen LogP contribution in [0.4, 0.5) is 0 Å². The standard InChI is InChI=1S/C110H126O28/c1-5-107(71-123-72-107)67-119-57-17-9-13-21-61-127-87-41-25-79(26-42-87)99(111)131-91-49-33-83(34-50-91)103(115)135-95-65-97(137-105(117)85-37-53-93(54-38-85)133-101(113)81-29-45-89(46-30-81)129-63-23-15-11-19-59-121-69-109(7-3)75-125-76-109)98(138-106(118)86-39-55-94(56-40-86)134-102(114)82-31-47-90(48-32-82)130-64-24-16-12-20-60-122-70-110(8-4)77-126-78-110)66-96(95)136-104(116)84-35-51-92(52-36-84)132-100(112)80-27-43-88(44-28-80)128-62-22-14-10-18-58-120-68-108(6-2)73-124-74-108/h25-56,65-66H,5-24,57-64,67-78H2,1-4H3. The first-order chi connectivity index (χ1) is 67.3. The molecule has 0 aliphatic carbocycles. The van der Waals surface area contributed by atoms with Gasteiger partial charge in [-0.3, -0.25) is 0 Å². The molecule has 0 bridgehead atoms. The summed E-state index contributed by atoms with van der Waals surface area (Å²) in [5.74, 6) is -6.69. The highest BCUT2D eigenvalue weighted by molar-refractivity contribution is 5.98. The minimum Gasteiger partial charge on any atom is -0.494 e. The van der Waals surface area contributed by atoms with Crippen LogP contribution in [0.2, 0.25) is 0 Å². The van der Waals surface area contributed by atoms with E-state index in [-0.39, 0.29) is 89.2 Å². The maximum Gasteiger partial charge on any atom is 0.343 e. The third kappa shape index (κ3) is 31.3. The Morgan fingerprint density at radius 2 is 0.355 bits per heavy atom. The van der Waals surface area contributed by atoms with Gasteiger partial charge in [0.05, 0.1) is 150 Å². The van der Waals surface area contributed by atoms with Crippen LogP contribution in [-0.4, -0.2) is 180 Å². The number of rotatable bonds is 60. The van der Waals surface area contributed by atoms with Crippen molar-refractivity contribution in [2.24, 2.45) is 21.7 Å². The van der Waals surface area contributed by atoms with E-state index in [2.05, 4.69) is 27.7 Å². The van der Waals surface area contributed by atoms with Crippen LogP contribution in [0.1, 0.15) is 239 Å². The van der Waals surface area contributed by atoms with Crippen molar-refractivity contribution < 1.29 is 133 Å². The molecule has 4 heterocycles. The molecule has 28 nitrogen and oxygen atoms in total. The summed E-state index contributed by atoms with van der Waals surface area (Å²) >= 11 is 0. The zero-order chi connectivity index (χ0) is 96.6. The van der Waals surface area contributed by atoms with Crippen molar-refractivity contribution in [2.45, 2.75) is 156 Å². The van der Waals surface area contributed by atoms with E-state index in [0.717, 1.165) is 220 Å². The topological polar surface area (TPSA) is 321 Å². The average molecular weight is 1900 g/mol. The van der Waals surface area contributed by atoms with Gasteiger partial charge in [0.1, 0.15) is 46.0 Å². The lowest BCUT2D eigenvalue weighted by Gasteiger charge is -2.40. The first-order valence-corrected chi connectivity index (χ1v) is 48.2. The highest BCUT2D eigenvalue weighted by Crippen LogP contribution is 2.43. The number of unbranched alkanes of at least 4 members (excludes halogenated alkanes) is 12. The quantitative estimate of drug-likeness (QED) is 0.0194. The summed E-state index contributed by atoms with van der Waals surface area (Å²) in [7, 11) is 0. The van der Waals surface area contributed by atoms with Gasteiger partial charge in [0.15, 0.2) is 23.0 Å². The fraction of sp³-hybridized carbons (Fsp3) is 0.436. The Balaban J connectivity index is 0.673. The van der Waals surface area contributed by atoms with E-state index in [4.69, 9.17) is 94.7 Å². The lowest BCUT2D eigenvalue weighted by Crippen LogP contribution is -2.45. The van der Waals surface area contributed by atoms with E-state index >= 15 is 0 Å². The van der Waals surface area contributed by atoms with E-state index in [1.165, 1.54) is 97.1 Å². The monoisotopic (exact) mass is 1890 g/mol. The molecular formula is C110H126O28. The molecule has 4 aliphatic heterocycles. The number of esters is 8. The average Bonchev–Trinajstić information content (AvgIpc) is 0.767. The molecule has 138 heavy (non-hydrogen) atoms. The summed E-state index contributed by atoms with van der Waals surface area (Å²) in [6, 6.07) is 49.5. The van der Waals surface area contributed by atoms with Crippen molar-refractivity contribution in [2.75, 3.05) is 132 Å². The van der Waals surface area contributed by atoms with Gasteiger partial charge >= 0.3 is 47.8 Å². The van der Waals surface area contributed by atoms with Crippen LogP contribution < -0.4 is 56.8 Å². The van der Waals surface area contributed by atoms with Crippen molar-refractivity contribution in [3.8, 4) is 69.0 Å².